The first kappa shape index (κ1) is 52.7. The number of rotatable bonds is 10. The van der Waals surface area contributed by atoms with Gasteiger partial charge in [0.05, 0.1) is 25.2 Å². The Hall–Kier alpha value is -7.24. The zero-order valence-corrected chi connectivity index (χ0v) is 39.9. The van der Waals surface area contributed by atoms with E-state index in [1.165, 1.54) is 69.2 Å². The van der Waals surface area contributed by atoms with Crippen LogP contribution in [0.25, 0.3) is 22.1 Å². The van der Waals surface area contributed by atoms with Crippen molar-refractivity contribution in [3.8, 4) is 23.0 Å². The first-order chi connectivity index (χ1) is 31.6. The summed E-state index contributed by atoms with van der Waals surface area (Å²) in [5, 5.41) is 48.1. The highest BCUT2D eigenvalue weighted by molar-refractivity contribution is 7.59. The summed E-state index contributed by atoms with van der Waals surface area (Å²) in [7, 11) is 2.63. The topological polar surface area (TPSA) is 274 Å². The van der Waals surface area contributed by atoms with E-state index in [0.717, 1.165) is 10.1 Å². The van der Waals surface area contributed by atoms with Gasteiger partial charge < -0.3 is 45.9 Å². The molecule has 69 heavy (non-hydrogen) atoms. The highest BCUT2D eigenvalue weighted by Crippen LogP contribution is 2.42. The Bertz CT molecular complexity index is 3170. The smallest absolute Gasteiger partial charge is 0.349 e. The van der Waals surface area contributed by atoms with Crippen LogP contribution in [0, 0.1) is 11.6 Å². The zero-order chi connectivity index (χ0) is 48.9. The number of carboxylic acid groups (broad SMARTS) is 1. The number of ether oxygens (including phenoxy) is 2. The molecule has 2 aromatic carbocycles. The van der Waals surface area contributed by atoms with Gasteiger partial charge in [0, 0.05) is 50.5 Å². The number of nitrogens with one attached hydrogen (secondary N) is 3. The van der Waals surface area contributed by atoms with E-state index in [4.69, 9.17) is 9.47 Å². The maximum Gasteiger partial charge on any atom is 0.349 e. The van der Waals surface area contributed by atoms with E-state index < -0.39 is 92.4 Å². The van der Waals surface area contributed by atoms with Crippen LogP contribution in [0.4, 0.5) is 8.78 Å². The molecule has 6 heterocycles. The predicted molar refractivity (Wildman–Crippen MR) is 256 cm³/mol. The lowest BCUT2D eigenvalue weighted by Crippen LogP contribution is -2.60. The van der Waals surface area contributed by atoms with Crippen LogP contribution >= 0.6 is 27.0 Å². The molecule has 6 aromatic rings. The molecular formula is C46H49F2N7O12S2. The number of hydrogen-bond acceptors (Lipinski definition) is 13. The lowest BCUT2D eigenvalue weighted by Gasteiger charge is -2.38. The maximum absolute atomic E-state index is 13.4. The summed E-state index contributed by atoms with van der Waals surface area (Å²) in [6.45, 7) is 5.05. The Labute approximate surface area is 405 Å². The lowest BCUT2D eigenvalue weighted by molar-refractivity contribution is -0.155. The van der Waals surface area contributed by atoms with Gasteiger partial charge in [-0.1, -0.05) is 24.3 Å². The van der Waals surface area contributed by atoms with Gasteiger partial charge in [0.25, 0.3) is 28.8 Å². The van der Waals surface area contributed by atoms with Gasteiger partial charge in [0.1, 0.15) is 44.8 Å². The molecule has 4 aromatic heterocycles. The molecule has 0 bridgehead atoms. The van der Waals surface area contributed by atoms with Gasteiger partial charge in [-0.3, -0.25) is 43.1 Å². The van der Waals surface area contributed by atoms with Crippen LogP contribution in [0.15, 0.2) is 70.5 Å². The van der Waals surface area contributed by atoms with Gasteiger partial charge in [-0.15, -0.1) is 0 Å². The third kappa shape index (κ3) is 9.74. The number of benzene rings is 2. The number of carbonyl (C=O) groups excluding carboxylic acids is 3. The third-order valence-electron chi connectivity index (χ3n) is 11.4. The van der Waals surface area contributed by atoms with E-state index in [1.54, 1.807) is 38.1 Å². The van der Waals surface area contributed by atoms with Crippen LogP contribution in [0.1, 0.15) is 70.7 Å². The van der Waals surface area contributed by atoms with Crippen LogP contribution in [-0.2, 0) is 35.5 Å². The van der Waals surface area contributed by atoms with E-state index in [9.17, 15) is 58.0 Å². The molecule has 0 saturated carbocycles. The molecule has 23 heteroatoms. The molecule has 19 nitrogen and oxygen atoms in total. The van der Waals surface area contributed by atoms with Crippen molar-refractivity contribution in [3.63, 3.8) is 0 Å². The fraction of sp³-hybridized carbons (Fsp3) is 0.304. The molecule has 0 spiro atoms. The van der Waals surface area contributed by atoms with Crippen molar-refractivity contribution in [1.82, 2.24) is 35.1 Å². The summed E-state index contributed by atoms with van der Waals surface area (Å²) in [5.41, 5.74) is -4.65. The third-order valence-corrected chi connectivity index (χ3v) is 11.4. The quantitative estimate of drug-likeness (QED) is 0.104. The predicted octanol–water partition coefficient (Wildman–Crippen LogP) is 2.88. The second-order valence-electron chi connectivity index (χ2n) is 17.1. The standard InChI is InChI=1S/C25H27FN4O6.C21H18FN3O6.2H2S/c1-24(2,12-31)29-23(35)25(3)11-30-18-17(19(32)16(22(30)34)21(33)27-4)28-10-14(20(18)36-25)9-13-5-7-15(26)8-6-13;1-21(20(29)30)9-25-15-14(16(26)13(19(25)28)18(27)23-2)24-8-11(17(15)31-21)7-10-3-5-12(22)6-4-10;;/h5-8,10,31-32H,9,11-12H2,1-4H3,(H,27,33)(H,29,35);3-6,8,26H,7,9H2,1-2H3,(H,23,27)(H,29,30);2*1H2/t25-;21-;;/m00../s1. The molecule has 8 rings (SSSR count). The van der Waals surface area contributed by atoms with E-state index >= 15 is 0 Å². The molecule has 2 aliphatic heterocycles. The Balaban J connectivity index is 0.000000253. The van der Waals surface area contributed by atoms with Gasteiger partial charge in [-0.05, 0) is 63.1 Å². The van der Waals surface area contributed by atoms with Crippen molar-refractivity contribution in [2.45, 2.75) is 70.4 Å². The monoisotopic (exact) mass is 993 g/mol. The van der Waals surface area contributed by atoms with Crippen LogP contribution in [0.5, 0.6) is 23.0 Å². The van der Waals surface area contributed by atoms with Crippen LogP contribution in [-0.4, -0.2) is 101 Å². The first-order valence-corrected chi connectivity index (χ1v) is 20.6. The molecule has 366 valence electrons. The summed E-state index contributed by atoms with van der Waals surface area (Å²) in [6.07, 6.45) is 3.23. The summed E-state index contributed by atoms with van der Waals surface area (Å²) < 4.78 is 41.0. The number of amides is 3. The van der Waals surface area contributed by atoms with Gasteiger partial charge >= 0.3 is 5.97 Å². The molecule has 0 fully saturated rings. The van der Waals surface area contributed by atoms with Gasteiger partial charge in [0.15, 0.2) is 23.0 Å². The normalized spacial score (nSPS) is 16.6. The number of aliphatic hydroxyl groups is 1. The second kappa shape index (κ2) is 19.8. The summed E-state index contributed by atoms with van der Waals surface area (Å²) >= 11 is 0. The average molecular weight is 994 g/mol. The van der Waals surface area contributed by atoms with Crippen molar-refractivity contribution >= 4 is 72.7 Å². The minimum absolute atomic E-state index is 0. The number of aromatic hydroxyl groups is 2. The largest absolute Gasteiger partial charge is 0.505 e. The molecule has 0 saturated heterocycles. The first-order valence-electron chi connectivity index (χ1n) is 20.6. The molecule has 0 radical (unpaired) electrons. The maximum atomic E-state index is 13.4. The number of carbonyl (C=O) groups is 4. The average Bonchev–Trinajstić information content (AvgIpc) is 3.29. The van der Waals surface area contributed by atoms with Crippen molar-refractivity contribution in [1.29, 1.82) is 0 Å². The number of pyridine rings is 4. The van der Waals surface area contributed by atoms with Gasteiger partial charge in [-0.25, -0.2) is 13.6 Å². The molecule has 0 aliphatic carbocycles. The number of carboxylic acids is 1. The minimum Gasteiger partial charge on any atom is -0.505 e. The van der Waals surface area contributed by atoms with E-state index in [-0.39, 0.29) is 86.6 Å². The number of aliphatic hydroxyl groups excluding tert-OH is 1. The Kier molecular flexibility index (Phi) is 15.1. The highest BCUT2D eigenvalue weighted by Gasteiger charge is 2.45. The van der Waals surface area contributed by atoms with Crippen LogP contribution < -0.4 is 36.5 Å². The number of aliphatic carboxylic acids is 1. The lowest BCUT2D eigenvalue weighted by atomic mass is 9.97. The molecule has 0 unspecified atom stereocenters. The molecule has 2 atom stereocenters. The van der Waals surface area contributed by atoms with Gasteiger partial charge in [-0.2, -0.15) is 27.0 Å². The molecule has 7 N–H and O–H groups in total. The summed E-state index contributed by atoms with van der Waals surface area (Å²) in [6, 6.07) is 11.5. The van der Waals surface area contributed by atoms with Gasteiger partial charge in [0.2, 0.25) is 11.2 Å². The highest BCUT2D eigenvalue weighted by atomic mass is 32.1. The van der Waals surface area contributed by atoms with Crippen LogP contribution in [0.3, 0.4) is 0 Å². The number of nitrogens with zero attached hydrogens (tertiary/aromatic N) is 4. The Morgan fingerprint density at radius 3 is 1.45 bits per heavy atom. The van der Waals surface area contributed by atoms with Crippen molar-refractivity contribution < 1.29 is 57.9 Å². The number of aromatic nitrogens is 4. The van der Waals surface area contributed by atoms with E-state index in [2.05, 4.69) is 25.9 Å². The van der Waals surface area contributed by atoms with E-state index in [1.807, 2.05) is 0 Å². The zero-order valence-electron chi connectivity index (χ0n) is 37.9. The fourth-order valence-corrected chi connectivity index (χ4v) is 7.72. The van der Waals surface area contributed by atoms with Crippen molar-refractivity contribution in [3.05, 3.63) is 127 Å². The molecule has 2 aliphatic rings. The summed E-state index contributed by atoms with van der Waals surface area (Å²) in [5.74, 6) is -5.36. The number of hydrogen-bond donors (Lipinski definition) is 7. The van der Waals surface area contributed by atoms with Crippen LogP contribution in [0.2, 0.25) is 0 Å². The van der Waals surface area contributed by atoms with Crippen molar-refractivity contribution in [2.24, 2.45) is 0 Å². The SMILES string of the molecule is CNC(=O)c1c(O)c2ncc(Cc3ccc(F)cc3)c3c2n(c1=O)C[C@@](C)(C(=O)NC(C)(C)CO)O3.CNC(=O)c1c(O)c2ncc(Cc3ccc(F)cc3)c3c2n(c1=O)C[C@@](C)(C(=O)O)O3.S.S. The Morgan fingerprint density at radius 2 is 1.09 bits per heavy atom. The summed E-state index contributed by atoms with van der Waals surface area (Å²) in [4.78, 5) is 84.9. The molecule has 3 amide bonds. The molecular weight excluding hydrogens is 945 g/mol. The second-order valence-corrected chi connectivity index (χ2v) is 17.1. The van der Waals surface area contributed by atoms with Crippen molar-refractivity contribution in [2.75, 3.05) is 20.7 Å². The fourth-order valence-electron chi connectivity index (χ4n) is 7.72. The number of halogens is 2. The minimum atomic E-state index is -1.81. The Morgan fingerprint density at radius 1 is 0.710 bits per heavy atom. The van der Waals surface area contributed by atoms with E-state index in [0.29, 0.717) is 16.7 Å².